The Morgan fingerprint density at radius 3 is 3.05 bits per heavy atom. The lowest BCUT2D eigenvalue weighted by Crippen LogP contribution is -2.44. The molecule has 2 heterocycles. The highest BCUT2D eigenvalue weighted by atomic mass is 79.9. The summed E-state index contributed by atoms with van der Waals surface area (Å²) in [4.78, 5) is 18.5. The van der Waals surface area contributed by atoms with Crippen LogP contribution < -0.4 is 11.1 Å². The van der Waals surface area contributed by atoms with Gasteiger partial charge in [-0.2, -0.15) is 0 Å². The third-order valence-corrected chi connectivity index (χ3v) is 4.06. The molecule has 1 amide bonds. The Bertz CT molecular complexity index is 435. The van der Waals surface area contributed by atoms with Crippen LogP contribution in [0.2, 0.25) is 0 Å². The van der Waals surface area contributed by atoms with Crippen LogP contribution in [0.1, 0.15) is 25.7 Å². The van der Waals surface area contributed by atoms with E-state index in [2.05, 4.69) is 31.1 Å². The highest BCUT2D eigenvalue weighted by Crippen LogP contribution is 2.19. The molecule has 1 fully saturated rings. The molecule has 0 radical (unpaired) electrons. The summed E-state index contributed by atoms with van der Waals surface area (Å²) in [5.74, 6) is 0.578. The standard InChI is InChI=1S/C14H21BrN4O/c15-11-4-5-13(17-9-11)18-14(20)10-19-8-2-1-3-12(19)6-7-16/h4-5,9,12H,1-3,6-8,10,16H2,(H,17,18,20). The van der Waals surface area contributed by atoms with E-state index in [-0.39, 0.29) is 5.91 Å². The van der Waals surface area contributed by atoms with Crippen LogP contribution in [0.4, 0.5) is 5.82 Å². The Hall–Kier alpha value is -0.980. The van der Waals surface area contributed by atoms with E-state index in [1.165, 1.54) is 6.42 Å². The number of anilines is 1. The normalized spacial score (nSPS) is 19.8. The predicted octanol–water partition coefficient (Wildman–Crippen LogP) is 1.99. The van der Waals surface area contributed by atoms with Gasteiger partial charge in [0, 0.05) is 16.7 Å². The number of nitrogens with zero attached hydrogens (tertiary/aromatic N) is 2. The molecule has 2 rings (SSSR count). The molecule has 0 saturated carbocycles. The summed E-state index contributed by atoms with van der Waals surface area (Å²) in [7, 11) is 0. The first-order valence-electron chi connectivity index (χ1n) is 7.04. The minimum absolute atomic E-state index is 0.0104. The van der Waals surface area contributed by atoms with E-state index in [1.807, 2.05) is 6.07 Å². The largest absolute Gasteiger partial charge is 0.330 e. The Kier molecular flexibility index (Phi) is 5.94. The third kappa shape index (κ3) is 4.54. The minimum Gasteiger partial charge on any atom is -0.330 e. The van der Waals surface area contributed by atoms with Crippen LogP contribution in [0.25, 0.3) is 0 Å². The minimum atomic E-state index is -0.0104. The maximum absolute atomic E-state index is 12.1. The number of piperidine rings is 1. The van der Waals surface area contributed by atoms with Gasteiger partial charge < -0.3 is 11.1 Å². The summed E-state index contributed by atoms with van der Waals surface area (Å²) in [6.45, 7) is 2.07. The van der Waals surface area contributed by atoms with Gasteiger partial charge in [0.05, 0.1) is 6.54 Å². The second kappa shape index (κ2) is 7.71. The van der Waals surface area contributed by atoms with Crippen molar-refractivity contribution in [1.82, 2.24) is 9.88 Å². The highest BCUT2D eigenvalue weighted by molar-refractivity contribution is 9.10. The second-order valence-corrected chi connectivity index (χ2v) is 6.02. The Labute approximate surface area is 128 Å². The zero-order valence-corrected chi connectivity index (χ0v) is 13.1. The van der Waals surface area contributed by atoms with Gasteiger partial charge in [0.15, 0.2) is 0 Å². The Morgan fingerprint density at radius 1 is 1.50 bits per heavy atom. The number of nitrogens with one attached hydrogen (secondary N) is 1. The topological polar surface area (TPSA) is 71.2 Å². The maximum atomic E-state index is 12.1. The summed E-state index contributed by atoms with van der Waals surface area (Å²) in [6, 6.07) is 4.09. The monoisotopic (exact) mass is 340 g/mol. The second-order valence-electron chi connectivity index (χ2n) is 5.11. The van der Waals surface area contributed by atoms with Crippen molar-refractivity contribution in [1.29, 1.82) is 0 Å². The zero-order chi connectivity index (χ0) is 14.4. The van der Waals surface area contributed by atoms with E-state index in [1.54, 1.807) is 12.3 Å². The Balaban J connectivity index is 1.87. The lowest BCUT2D eigenvalue weighted by molar-refractivity contribution is -0.118. The van der Waals surface area contributed by atoms with Gasteiger partial charge in [-0.25, -0.2) is 4.98 Å². The summed E-state index contributed by atoms with van der Waals surface area (Å²) in [5.41, 5.74) is 5.65. The number of hydrogen-bond donors (Lipinski definition) is 2. The van der Waals surface area contributed by atoms with E-state index < -0.39 is 0 Å². The molecule has 0 aliphatic carbocycles. The molecule has 20 heavy (non-hydrogen) atoms. The molecule has 0 bridgehead atoms. The van der Waals surface area contributed by atoms with E-state index in [9.17, 15) is 4.79 Å². The van der Waals surface area contributed by atoms with Gasteiger partial charge in [0.1, 0.15) is 5.82 Å². The Morgan fingerprint density at radius 2 is 2.35 bits per heavy atom. The van der Waals surface area contributed by atoms with Gasteiger partial charge in [-0.15, -0.1) is 0 Å². The number of rotatable bonds is 5. The molecular weight excluding hydrogens is 320 g/mol. The van der Waals surface area contributed by atoms with Crippen LogP contribution in [0.5, 0.6) is 0 Å². The molecule has 6 heteroatoms. The average molecular weight is 341 g/mol. The molecule has 1 atom stereocenters. The number of pyridine rings is 1. The maximum Gasteiger partial charge on any atom is 0.239 e. The first-order chi connectivity index (χ1) is 9.69. The summed E-state index contributed by atoms with van der Waals surface area (Å²) in [5, 5.41) is 2.84. The molecule has 3 N–H and O–H groups in total. The van der Waals surface area contributed by atoms with Crippen molar-refractivity contribution in [2.45, 2.75) is 31.7 Å². The molecular formula is C14H21BrN4O. The van der Waals surface area contributed by atoms with E-state index in [4.69, 9.17) is 5.73 Å². The van der Waals surface area contributed by atoms with Crippen molar-refractivity contribution < 1.29 is 4.79 Å². The SMILES string of the molecule is NCCC1CCCCN1CC(=O)Nc1ccc(Br)cn1. The summed E-state index contributed by atoms with van der Waals surface area (Å²) < 4.78 is 0.898. The van der Waals surface area contributed by atoms with Crippen molar-refractivity contribution in [2.24, 2.45) is 5.73 Å². The molecule has 1 aliphatic rings. The van der Waals surface area contributed by atoms with Crippen LogP contribution in [-0.2, 0) is 4.79 Å². The molecule has 1 saturated heterocycles. The first kappa shape index (κ1) is 15.4. The number of nitrogens with two attached hydrogens (primary N) is 1. The highest BCUT2D eigenvalue weighted by Gasteiger charge is 2.23. The van der Waals surface area contributed by atoms with E-state index in [0.717, 1.165) is 30.3 Å². The van der Waals surface area contributed by atoms with Crippen molar-refractivity contribution in [3.8, 4) is 0 Å². The van der Waals surface area contributed by atoms with Gasteiger partial charge in [0.2, 0.25) is 5.91 Å². The average Bonchev–Trinajstić information content (AvgIpc) is 2.44. The van der Waals surface area contributed by atoms with Crippen LogP contribution in [-0.4, -0.2) is 41.5 Å². The van der Waals surface area contributed by atoms with Gasteiger partial charge in [-0.3, -0.25) is 9.69 Å². The predicted molar refractivity (Wildman–Crippen MR) is 83.5 cm³/mol. The fraction of sp³-hybridized carbons (Fsp3) is 0.571. The number of carbonyl (C=O) groups is 1. The van der Waals surface area contributed by atoms with Crippen LogP contribution >= 0.6 is 15.9 Å². The quantitative estimate of drug-likeness (QED) is 0.859. The third-order valence-electron chi connectivity index (χ3n) is 3.59. The van der Waals surface area contributed by atoms with Crippen LogP contribution in [0.15, 0.2) is 22.8 Å². The van der Waals surface area contributed by atoms with Gasteiger partial charge in [-0.05, 0) is 60.4 Å². The smallest absolute Gasteiger partial charge is 0.239 e. The number of amides is 1. The van der Waals surface area contributed by atoms with Crippen molar-refractivity contribution in [2.75, 3.05) is 25.0 Å². The fourth-order valence-electron chi connectivity index (χ4n) is 2.60. The van der Waals surface area contributed by atoms with Gasteiger partial charge >= 0.3 is 0 Å². The summed E-state index contributed by atoms with van der Waals surface area (Å²) in [6.07, 6.45) is 6.17. The van der Waals surface area contributed by atoms with E-state index >= 15 is 0 Å². The van der Waals surface area contributed by atoms with E-state index in [0.29, 0.717) is 24.9 Å². The van der Waals surface area contributed by atoms with Crippen molar-refractivity contribution in [3.63, 3.8) is 0 Å². The molecule has 1 aromatic rings. The fourth-order valence-corrected chi connectivity index (χ4v) is 2.84. The lowest BCUT2D eigenvalue weighted by Gasteiger charge is -2.34. The number of likely N-dealkylation sites (tertiary alicyclic amines) is 1. The lowest BCUT2D eigenvalue weighted by atomic mass is 9.99. The van der Waals surface area contributed by atoms with Gasteiger partial charge in [0.25, 0.3) is 0 Å². The zero-order valence-electron chi connectivity index (χ0n) is 11.5. The molecule has 0 spiro atoms. The molecule has 1 aliphatic heterocycles. The van der Waals surface area contributed by atoms with Crippen molar-refractivity contribution >= 4 is 27.7 Å². The summed E-state index contributed by atoms with van der Waals surface area (Å²) >= 11 is 3.32. The molecule has 0 aromatic carbocycles. The van der Waals surface area contributed by atoms with Crippen molar-refractivity contribution in [3.05, 3.63) is 22.8 Å². The molecule has 5 nitrogen and oxygen atoms in total. The first-order valence-corrected chi connectivity index (χ1v) is 7.84. The molecule has 110 valence electrons. The van der Waals surface area contributed by atoms with Crippen LogP contribution in [0.3, 0.4) is 0 Å². The molecule has 1 aromatic heterocycles. The number of hydrogen-bond acceptors (Lipinski definition) is 4. The molecule has 1 unspecified atom stereocenters. The number of halogens is 1. The van der Waals surface area contributed by atoms with Gasteiger partial charge in [-0.1, -0.05) is 6.42 Å². The number of carbonyl (C=O) groups excluding carboxylic acids is 1. The van der Waals surface area contributed by atoms with Crippen LogP contribution in [0, 0.1) is 0 Å². The number of aromatic nitrogens is 1.